The minimum atomic E-state index is -0.809. The number of nitrogens with zero attached hydrogens (tertiary/aromatic N) is 1. The third-order valence-electron chi connectivity index (χ3n) is 6.44. The third kappa shape index (κ3) is 4.52. The van der Waals surface area contributed by atoms with Crippen molar-refractivity contribution in [1.29, 1.82) is 0 Å². The van der Waals surface area contributed by atoms with Crippen LogP contribution in [0.1, 0.15) is 42.4 Å². The Morgan fingerprint density at radius 3 is 2.24 bits per heavy atom. The molecule has 2 aromatic carbocycles. The Morgan fingerprint density at radius 2 is 1.62 bits per heavy atom. The SMILES string of the molecule is Cc1ccc(CNC(=O)C2(C(=O)N3CCC(Cc4ccccc4)CC3)CC2)cc1. The molecule has 4 nitrogen and oxygen atoms in total. The first-order valence-electron chi connectivity index (χ1n) is 10.7. The van der Waals surface area contributed by atoms with E-state index in [1.807, 2.05) is 42.2 Å². The van der Waals surface area contributed by atoms with Crippen LogP contribution in [0.2, 0.25) is 0 Å². The molecule has 2 amide bonds. The first kappa shape index (κ1) is 19.7. The quantitative estimate of drug-likeness (QED) is 0.761. The summed E-state index contributed by atoms with van der Waals surface area (Å²) in [4.78, 5) is 27.8. The average molecular weight is 391 g/mol. The number of amides is 2. The smallest absolute Gasteiger partial charge is 0.238 e. The Labute approximate surface area is 173 Å². The molecular formula is C25H30N2O2. The van der Waals surface area contributed by atoms with Crippen molar-refractivity contribution >= 4 is 11.8 Å². The Hall–Kier alpha value is -2.62. The van der Waals surface area contributed by atoms with Crippen molar-refractivity contribution in [2.75, 3.05) is 13.1 Å². The molecule has 0 aromatic heterocycles. The van der Waals surface area contributed by atoms with Crippen LogP contribution < -0.4 is 5.32 Å². The Balaban J connectivity index is 1.28. The van der Waals surface area contributed by atoms with E-state index in [4.69, 9.17) is 0 Å². The zero-order valence-corrected chi connectivity index (χ0v) is 17.2. The third-order valence-corrected chi connectivity index (χ3v) is 6.44. The first-order chi connectivity index (χ1) is 14.1. The van der Waals surface area contributed by atoms with Crippen LogP contribution in [0.15, 0.2) is 54.6 Å². The van der Waals surface area contributed by atoms with Crippen molar-refractivity contribution in [3.05, 3.63) is 71.3 Å². The molecule has 1 heterocycles. The number of nitrogens with one attached hydrogen (secondary N) is 1. The number of likely N-dealkylation sites (tertiary alicyclic amines) is 1. The first-order valence-corrected chi connectivity index (χ1v) is 10.7. The molecule has 2 fully saturated rings. The minimum absolute atomic E-state index is 0.0390. The van der Waals surface area contributed by atoms with Gasteiger partial charge in [0.25, 0.3) is 0 Å². The lowest BCUT2D eigenvalue weighted by molar-refractivity contribution is -0.145. The number of rotatable bonds is 6. The normalized spacial score (nSPS) is 18.3. The maximum absolute atomic E-state index is 13.1. The highest BCUT2D eigenvalue weighted by molar-refractivity contribution is 6.07. The lowest BCUT2D eigenvalue weighted by Crippen LogP contribution is -2.48. The van der Waals surface area contributed by atoms with E-state index in [9.17, 15) is 9.59 Å². The molecule has 0 radical (unpaired) electrons. The molecule has 2 aliphatic rings. The van der Waals surface area contributed by atoms with Crippen molar-refractivity contribution in [1.82, 2.24) is 10.2 Å². The molecule has 1 aliphatic carbocycles. The molecule has 1 N–H and O–H groups in total. The predicted octanol–water partition coefficient (Wildman–Crippen LogP) is 3.87. The van der Waals surface area contributed by atoms with Gasteiger partial charge >= 0.3 is 0 Å². The van der Waals surface area contributed by atoms with Gasteiger partial charge in [0.2, 0.25) is 11.8 Å². The minimum Gasteiger partial charge on any atom is -0.351 e. The van der Waals surface area contributed by atoms with Crippen molar-refractivity contribution < 1.29 is 9.59 Å². The van der Waals surface area contributed by atoms with Crippen LogP contribution in [0.25, 0.3) is 0 Å². The molecule has 1 saturated carbocycles. The van der Waals surface area contributed by atoms with Gasteiger partial charge in [-0.15, -0.1) is 0 Å². The summed E-state index contributed by atoms with van der Waals surface area (Å²) in [6.07, 6.45) is 4.46. The van der Waals surface area contributed by atoms with Gasteiger partial charge in [-0.2, -0.15) is 0 Å². The van der Waals surface area contributed by atoms with E-state index in [1.165, 1.54) is 11.1 Å². The summed E-state index contributed by atoms with van der Waals surface area (Å²) in [7, 11) is 0. The van der Waals surface area contributed by atoms with Gasteiger partial charge in [-0.25, -0.2) is 0 Å². The topological polar surface area (TPSA) is 49.4 Å². The molecule has 2 aromatic rings. The molecule has 0 unspecified atom stereocenters. The highest BCUT2D eigenvalue weighted by Crippen LogP contribution is 2.48. The van der Waals surface area contributed by atoms with E-state index in [-0.39, 0.29) is 11.8 Å². The number of hydrogen-bond donors (Lipinski definition) is 1. The van der Waals surface area contributed by atoms with Gasteiger partial charge in [-0.3, -0.25) is 9.59 Å². The summed E-state index contributed by atoms with van der Waals surface area (Å²) in [6, 6.07) is 18.7. The van der Waals surface area contributed by atoms with Gasteiger partial charge in [-0.1, -0.05) is 60.2 Å². The van der Waals surface area contributed by atoms with Crippen LogP contribution in [-0.4, -0.2) is 29.8 Å². The second-order valence-corrected chi connectivity index (χ2v) is 8.68. The molecule has 0 atom stereocenters. The number of aryl methyl sites for hydroxylation is 1. The average Bonchev–Trinajstić information content (AvgIpc) is 3.56. The van der Waals surface area contributed by atoms with Gasteiger partial charge in [0, 0.05) is 19.6 Å². The fraction of sp³-hybridized carbons (Fsp3) is 0.440. The van der Waals surface area contributed by atoms with E-state index in [0.29, 0.717) is 25.3 Å². The standard InChI is InChI=1S/C25H30N2O2/c1-19-7-9-22(10-8-19)18-26-23(28)25(13-14-25)24(29)27-15-11-21(12-16-27)17-20-5-3-2-4-6-20/h2-10,21H,11-18H2,1H3,(H,26,28). The highest BCUT2D eigenvalue weighted by Gasteiger charge is 2.58. The molecule has 1 saturated heterocycles. The van der Waals surface area contributed by atoms with Crippen LogP contribution in [0, 0.1) is 18.3 Å². The summed E-state index contributed by atoms with van der Waals surface area (Å²) >= 11 is 0. The van der Waals surface area contributed by atoms with E-state index in [2.05, 4.69) is 29.6 Å². The van der Waals surface area contributed by atoms with Crippen LogP contribution in [0.3, 0.4) is 0 Å². The Bertz CT molecular complexity index is 848. The molecule has 29 heavy (non-hydrogen) atoms. The zero-order chi connectivity index (χ0) is 20.3. The van der Waals surface area contributed by atoms with Crippen molar-refractivity contribution in [3.63, 3.8) is 0 Å². The van der Waals surface area contributed by atoms with Crippen molar-refractivity contribution in [3.8, 4) is 0 Å². The van der Waals surface area contributed by atoms with Gasteiger partial charge in [0.05, 0.1) is 0 Å². The van der Waals surface area contributed by atoms with Gasteiger partial charge in [0.1, 0.15) is 5.41 Å². The second-order valence-electron chi connectivity index (χ2n) is 8.68. The summed E-state index contributed by atoms with van der Waals surface area (Å²) < 4.78 is 0. The Kier molecular flexibility index (Phi) is 5.70. The number of carbonyl (C=O) groups excluding carboxylic acids is 2. The molecule has 4 rings (SSSR count). The molecule has 0 bridgehead atoms. The largest absolute Gasteiger partial charge is 0.351 e. The summed E-state index contributed by atoms with van der Waals surface area (Å²) in [5.74, 6) is 0.554. The van der Waals surface area contributed by atoms with E-state index in [1.54, 1.807) is 0 Å². The number of piperidine rings is 1. The number of hydrogen-bond acceptors (Lipinski definition) is 2. The fourth-order valence-electron chi connectivity index (χ4n) is 4.31. The van der Waals surface area contributed by atoms with Crippen LogP contribution in [-0.2, 0) is 22.6 Å². The summed E-state index contributed by atoms with van der Waals surface area (Å²) in [6.45, 7) is 4.06. The maximum Gasteiger partial charge on any atom is 0.238 e. The zero-order valence-electron chi connectivity index (χ0n) is 17.2. The van der Waals surface area contributed by atoms with E-state index < -0.39 is 5.41 Å². The second kappa shape index (κ2) is 8.40. The van der Waals surface area contributed by atoms with Crippen LogP contribution in [0.4, 0.5) is 0 Å². The highest BCUT2D eigenvalue weighted by atomic mass is 16.2. The summed E-state index contributed by atoms with van der Waals surface area (Å²) in [5.41, 5.74) is 2.82. The lowest BCUT2D eigenvalue weighted by atomic mass is 9.89. The molecule has 0 spiro atoms. The molecule has 4 heteroatoms. The van der Waals surface area contributed by atoms with Crippen LogP contribution >= 0.6 is 0 Å². The van der Waals surface area contributed by atoms with E-state index in [0.717, 1.165) is 37.9 Å². The maximum atomic E-state index is 13.1. The van der Waals surface area contributed by atoms with Gasteiger partial charge in [-0.05, 0) is 56.1 Å². The summed E-state index contributed by atoms with van der Waals surface area (Å²) in [5, 5.41) is 3.00. The monoisotopic (exact) mass is 390 g/mol. The number of benzene rings is 2. The molecule has 1 aliphatic heterocycles. The van der Waals surface area contributed by atoms with E-state index >= 15 is 0 Å². The van der Waals surface area contributed by atoms with Crippen molar-refractivity contribution in [2.24, 2.45) is 11.3 Å². The fourth-order valence-corrected chi connectivity index (χ4v) is 4.31. The van der Waals surface area contributed by atoms with Gasteiger partial charge < -0.3 is 10.2 Å². The Morgan fingerprint density at radius 1 is 0.966 bits per heavy atom. The van der Waals surface area contributed by atoms with Crippen molar-refractivity contribution in [2.45, 2.75) is 45.6 Å². The number of carbonyl (C=O) groups is 2. The molecule has 152 valence electrons. The lowest BCUT2D eigenvalue weighted by Gasteiger charge is -2.34. The van der Waals surface area contributed by atoms with Crippen LogP contribution in [0.5, 0.6) is 0 Å². The van der Waals surface area contributed by atoms with Gasteiger partial charge in [0.15, 0.2) is 0 Å². The predicted molar refractivity (Wildman–Crippen MR) is 114 cm³/mol. The molecular weight excluding hydrogens is 360 g/mol.